The van der Waals surface area contributed by atoms with Gasteiger partial charge in [-0.3, -0.25) is 4.79 Å². The summed E-state index contributed by atoms with van der Waals surface area (Å²) in [6.07, 6.45) is 0.703. The Bertz CT molecular complexity index is 736. The van der Waals surface area contributed by atoms with Crippen LogP contribution in [0.3, 0.4) is 0 Å². The number of nitrogens with zero attached hydrogens (tertiary/aromatic N) is 1. The summed E-state index contributed by atoms with van der Waals surface area (Å²) in [7, 11) is 1.61. The normalized spacial score (nSPS) is 16.0. The average Bonchev–Trinajstić information content (AvgIpc) is 2.74. The number of carbonyl (C=O) groups excluding carboxylic acids is 1. The maximum atomic E-state index is 12.6. The molecule has 1 aliphatic heterocycles. The molecule has 2 N–H and O–H groups in total. The van der Waals surface area contributed by atoms with E-state index in [1.54, 1.807) is 36.3 Å². The van der Waals surface area contributed by atoms with Gasteiger partial charge in [-0.05, 0) is 67.3 Å². The number of carbonyl (C=O) groups is 1. The topological polar surface area (TPSA) is 79.2 Å². The fourth-order valence-electron chi connectivity index (χ4n) is 3.26. The van der Waals surface area contributed by atoms with Crippen LogP contribution in [0.5, 0.6) is 17.2 Å². The Balaban J connectivity index is 1.57. The lowest BCUT2D eigenvalue weighted by Gasteiger charge is -2.33. The third kappa shape index (κ3) is 4.78. The third-order valence-corrected chi connectivity index (χ3v) is 4.95. The second kappa shape index (κ2) is 8.88. The standard InChI is InChI=1S/C21H25NO5/c1-26-17-6-8-19(9-7-17)27-18-4-2-16(3-5-18)21(25)22-12-10-15(11-13-22)20(24)14-23/h2-9,15,20,23-24H,10-14H2,1H3. The third-order valence-electron chi connectivity index (χ3n) is 4.95. The molecule has 0 aromatic heterocycles. The first kappa shape index (κ1) is 19.2. The first-order valence-corrected chi connectivity index (χ1v) is 9.11. The number of hydrogen-bond acceptors (Lipinski definition) is 5. The molecule has 2 aromatic carbocycles. The van der Waals surface area contributed by atoms with E-state index in [9.17, 15) is 9.90 Å². The predicted octanol–water partition coefficient (Wildman–Crippen LogP) is 2.69. The Kier molecular flexibility index (Phi) is 6.32. The molecule has 1 amide bonds. The smallest absolute Gasteiger partial charge is 0.253 e. The molecule has 0 spiro atoms. The van der Waals surface area contributed by atoms with Crippen molar-refractivity contribution in [2.45, 2.75) is 18.9 Å². The molecule has 6 nitrogen and oxygen atoms in total. The van der Waals surface area contributed by atoms with Gasteiger partial charge in [0.2, 0.25) is 0 Å². The van der Waals surface area contributed by atoms with Crippen molar-refractivity contribution in [3.8, 4) is 17.2 Å². The molecule has 1 heterocycles. The van der Waals surface area contributed by atoms with Gasteiger partial charge in [-0.15, -0.1) is 0 Å². The first-order chi connectivity index (χ1) is 13.1. The van der Waals surface area contributed by atoms with Crippen molar-refractivity contribution in [1.29, 1.82) is 0 Å². The monoisotopic (exact) mass is 371 g/mol. The molecule has 1 fully saturated rings. The zero-order chi connectivity index (χ0) is 19.2. The Labute approximate surface area is 159 Å². The van der Waals surface area contributed by atoms with Gasteiger partial charge < -0.3 is 24.6 Å². The number of amides is 1. The van der Waals surface area contributed by atoms with Crippen molar-refractivity contribution < 1.29 is 24.5 Å². The average molecular weight is 371 g/mol. The van der Waals surface area contributed by atoms with Gasteiger partial charge in [0.15, 0.2) is 0 Å². The van der Waals surface area contributed by atoms with Crippen LogP contribution in [0.2, 0.25) is 0 Å². The summed E-state index contributed by atoms with van der Waals surface area (Å²) in [6.45, 7) is 0.948. The van der Waals surface area contributed by atoms with Crippen molar-refractivity contribution in [3.63, 3.8) is 0 Å². The van der Waals surface area contributed by atoms with Crippen molar-refractivity contribution in [2.24, 2.45) is 5.92 Å². The fourth-order valence-corrected chi connectivity index (χ4v) is 3.26. The molecule has 1 unspecified atom stereocenters. The van der Waals surface area contributed by atoms with Gasteiger partial charge in [-0.2, -0.15) is 0 Å². The number of hydrogen-bond donors (Lipinski definition) is 2. The van der Waals surface area contributed by atoms with Gasteiger partial charge in [0, 0.05) is 18.7 Å². The van der Waals surface area contributed by atoms with E-state index in [0.717, 1.165) is 5.75 Å². The number of aliphatic hydroxyl groups is 2. The van der Waals surface area contributed by atoms with Crippen LogP contribution in [0.25, 0.3) is 0 Å². The minimum absolute atomic E-state index is 0.0251. The lowest BCUT2D eigenvalue weighted by molar-refractivity contribution is 0.0179. The van der Waals surface area contributed by atoms with Crippen LogP contribution >= 0.6 is 0 Å². The molecule has 1 aliphatic rings. The maximum absolute atomic E-state index is 12.6. The molecule has 0 bridgehead atoms. The lowest BCUT2D eigenvalue weighted by atomic mass is 9.91. The Morgan fingerprint density at radius 3 is 2.07 bits per heavy atom. The van der Waals surface area contributed by atoms with Gasteiger partial charge in [0.25, 0.3) is 5.91 Å². The molecule has 0 aliphatic carbocycles. The molecule has 3 rings (SSSR count). The number of methoxy groups -OCH3 is 1. The summed E-state index contributed by atoms with van der Waals surface area (Å²) < 4.78 is 10.9. The minimum atomic E-state index is -0.698. The summed E-state index contributed by atoms with van der Waals surface area (Å²) in [6, 6.07) is 14.4. The quantitative estimate of drug-likeness (QED) is 0.816. The molecule has 0 radical (unpaired) electrons. The highest BCUT2D eigenvalue weighted by molar-refractivity contribution is 5.94. The van der Waals surface area contributed by atoms with Crippen LogP contribution in [-0.2, 0) is 0 Å². The fraction of sp³-hybridized carbons (Fsp3) is 0.381. The van der Waals surface area contributed by atoms with E-state index < -0.39 is 6.10 Å². The molecular weight excluding hydrogens is 346 g/mol. The zero-order valence-corrected chi connectivity index (χ0v) is 15.4. The van der Waals surface area contributed by atoms with Crippen molar-refractivity contribution >= 4 is 5.91 Å². The summed E-state index contributed by atoms with van der Waals surface area (Å²) in [4.78, 5) is 14.4. The highest BCUT2D eigenvalue weighted by atomic mass is 16.5. The lowest BCUT2D eigenvalue weighted by Crippen LogP contribution is -2.42. The highest BCUT2D eigenvalue weighted by Gasteiger charge is 2.27. The SMILES string of the molecule is COc1ccc(Oc2ccc(C(=O)N3CCC(C(O)CO)CC3)cc2)cc1. The van der Waals surface area contributed by atoms with E-state index in [4.69, 9.17) is 14.6 Å². The van der Waals surface area contributed by atoms with Gasteiger partial charge in [0.05, 0.1) is 19.8 Å². The predicted molar refractivity (Wildman–Crippen MR) is 101 cm³/mol. The largest absolute Gasteiger partial charge is 0.497 e. The highest BCUT2D eigenvalue weighted by Crippen LogP contribution is 2.25. The van der Waals surface area contributed by atoms with Gasteiger partial charge in [0.1, 0.15) is 17.2 Å². The Morgan fingerprint density at radius 2 is 1.56 bits per heavy atom. The van der Waals surface area contributed by atoms with E-state index >= 15 is 0 Å². The van der Waals surface area contributed by atoms with Gasteiger partial charge in [-0.25, -0.2) is 0 Å². The van der Waals surface area contributed by atoms with E-state index in [0.29, 0.717) is 43.0 Å². The van der Waals surface area contributed by atoms with Gasteiger partial charge in [-0.1, -0.05) is 0 Å². The molecule has 6 heteroatoms. The Hall–Kier alpha value is -2.57. The molecular formula is C21H25NO5. The number of aliphatic hydroxyl groups excluding tert-OH is 2. The van der Waals surface area contributed by atoms with E-state index in [1.165, 1.54) is 0 Å². The van der Waals surface area contributed by atoms with Crippen LogP contribution in [0.4, 0.5) is 0 Å². The van der Waals surface area contributed by atoms with Crippen molar-refractivity contribution in [2.75, 3.05) is 26.8 Å². The Morgan fingerprint density at radius 1 is 1.04 bits per heavy atom. The van der Waals surface area contributed by atoms with Crippen LogP contribution in [-0.4, -0.2) is 53.9 Å². The summed E-state index contributed by atoms with van der Waals surface area (Å²) in [5.74, 6) is 2.14. The number of piperidine rings is 1. The van der Waals surface area contributed by atoms with Crippen LogP contribution in [0.1, 0.15) is 23.2 Å². The summed E-state index contributed by atoms with van der Waals surface area (Å²) in [5.41, 5.74) is 0.609. The number of ether oxygens (including phenoxy) is 2. The second-order valence-corrected chi connectivity index (χ2v) is 6.68. The van der Waals surface area contributed by atoms with E-state index in [-0.39, 0.29) is 18.4 Å². The van der Waals surface area contributed by atoms with Crippen LogP contribution in [0.15, 0.2) is 48.5 Å². The summed E-state index contributed by atoms with van der Waals surface area (Å²) in [5, 5.41) is 18.8. The van der Waals surface area contributed by atoms with Crippen molar-refractivity contribution in [1.82, 2.24) is 4.90 Å². The van der Waals surface area contributed by atoms with Gasteiger partial charge >= 0.3 is 0 Å². The molecule has 144 valence electrons. The maximum Gasteiger partial charge on any atom is 0.253 e. The van der Waals surface area contributed by atoms with Crippen LogP contribution < -0.4 is 9.47 Å². The number of benzene rings is 2. The number of rotatable bonds is 6. The molecule has 0 saturated carbocycles. The van der Waals surface area contributed by atoms with Crippen molar-refractivity contribution in [3.05, 3.63) is 54.1 Å². The molecule has 2 aromatic rings. The minimum Gasteiger partial charge on any atom is -0.497 e. The second-order valence-electron chi connectivity index (χ2n) is 6.68. The first-order valence-electron chi connectivity index (χ1n) is 9.11. The molecule has 1 atom stereocenters. The van der Waals surface area contributed by atoms with E-state index in [2.05, 4.69) is 0 Å². The van der Waals surface area contributed by atoms with Crippen LogP contribution in [0, 0.1) is 5.92 Å². The number of likely N-dealkylation sites (tertiary alicyclic amines) is 1. The zero-order valence-electron chi connectivity index (χ0n) is 15.4. The van der Waals surface area contributed by atoms with E-state index in [1.807, 2.05) is 24.3 Å². The summed E-state index contributed by atoms with van der Waals surface area (Å²) >= 11 is 0. The molecule has 1 saturated heterocycles. The molecule has 27 heavy (non-hydrogen) atoms.